The van der Waals surface area contributed by atoms with Gasteiger partial charge in [0.05, 0.1) is 0 Å². The van der Waals surface area contributed by atoms with E-state index in [2.05, 4.69) is 24.1 Å². The van der Waals surface area contributed by atoms with Crippen LogP contribution in [0.3, 0.4) is 0 Å². The van der Waals surface area contributed by atoms with E-state index in [0.29, 0.717) is 6.54 Å². The van der Waals surface area contributed by atoms with E-state index in [9.17, 15) is 4.39 Å². The molecule has 0 saturated carbocycles. The van der Waals surface area contributed by atoms with Crippen molar-refractivity contribution in [2.75, 3.05) is 26.2 Å². The highest BCUT2D eigenvalue weighted by Crippen LogP contribution is 2.16. The standard InChI is InChI=1S/C11H23FN2/c1-3-7-14(8-4-2)11-5-6-13-9-10(11)12/h10-11,13H,3-9H2,1-2H3. The minimum absolute atomic E-state index is 0.163. The number of nitrogens with one attached hydrogen (secondary N) is 1. The van der Waals surface area contributed by atoms with E-state index >= 15 is 0 Å². The zero-order valence-corrected chi connectivity index (χ0v) is 9.43. The highest BCUT2D eigenvalue weighted by atomic mass is 19.1. The predicted molar refractivity (Wildman–Crippen MR) is 58.3 cm³/mol. The van der Waals surface area contributed by atoms with E-state index in [-0.39, 0.29) is 6.04 Å². The summed E-state index contributed by atoms with van der Waals surface area (Å²) in [4.78, 5) is 2.32. The molecule has 1 saturated heterocycles. The molecule has 1 N–H and O–H groups in total. The minimum atomic E-state index is -0.679. The van der Waals surface area contributed by atoms with Gasteiger partial charge in [-0.25, -0.2) is 4.39 Å². The summed E-state index contributed by atoms with van der Waals surface area (Å²) in [6, 6.07) is 0.163. The van der Waals surface area contributed by atoms with Crippen molar-refractivity contribution in [1.82, 2.24) is 10.2 Å². The Labute approximate surface area is 86.9 Å². The largest absolute Gasteiger partial charge is 0.314 e. The van der Waals surface area contributed by atoms with Gasteiger partial charge in [0.1, 0.15) is 6.17 Å². The zero-order valence-electron chi connectivity index (χ0n) is 9.43. The minimum Gasteiger partial charge on any atom is -0.314 e. The average Bonchev–Trinajstić information content (AvgIpc) is 2.18. The fraction of sp³-hybridized carbons (Fsp3) is 1.00. The van der Waals surface area contributed by atoms with E-state index in [0.717, 1.165) is 38.9 Å². The van der Waals surface area contributed by atoms with E-state index in [1.54, 1.807) is 0 Å². The summed E-state index contributed by atoms with van der Waals surface area (Å²) in [5, 5.41) is 3.10. The van der Waals surface area contributed by atoms with Gasteiger partial charge in [-0.1, -0.05) is 13.8 Å². The molecule has 2 unspecified atom stereocenters. The molecule has 1 aliphatic rings. The van der Waals surface area contributed by atoms with E-state index in [4.69, 9.17) is 0 Å². The molecule has 0 aromatic carbocycles. The Morgan fingerprint density at radius 1 is 1.29 bits per heavy atom. The quantitative estimate of drug-likeness (QED) is 0.731. The van der Waals surface area contributed by atoms with Crippen LogP contribution in [0.2, 0.25) is 0 Å². The number of hydrogen-bond donors (Lipinski definition) is 1. The lowest BCUT2D eigenvalue weighted by Crippen LogP contribution is -2.51. The van der Waals surface area contributed by atoms with Crippen molar-refractivity contribution in [2.24, 2.45) is 0 Å². The molecule has 0 aliphatic carbocycles. The Morgan fingerprint density at radius 2 is 1.93 bits per heavy atom. The summed E-state index contributed by atoms with van der Waals surface area (Å²) < 4.78 is 13.6. The Hall–Kier alpha value is -0.150. The second-order valence-electron chi connectivity index (χ2n) is 4.11. The Morgan fingerprint density at radius 3 is 2.43 bits per heavy atom. The highest BCUT2D eigenvalue weighted by Gasteiger charge is 2.28. The predicted octanol–water partition coefficient (Wildman–Crippen LogP) is 1.81. The van der Waals surface area contributed by atoms with Gasteiger partial charge in [0, 0.05) is 12.6 Å². The molecule has 2 nitrogen and oxygen atoms in total. The fourth-order valence-corrected chi connectivity index (χ4v) is 2.24. The van der Waals surface area contributed by atoms with Crippen molar-refractivity contribution in [3.63, 3.8) is 0 Å². The summed E-state index contributed by atoms with van der Waals surface area (Å²) in [7, 11) is 0. The molecule has 1 fully saturated rings. The molecule has 1 rings (SSSR count). The summed E-state index contributed by atoms with van der Waals surface area (Å²) in [6.07, 6.45) is 2.52. The number of hydrogen-bond acceptors (Lipinski definition) is 2. The maximum atomic E-state index is 13.6. The SMILES string of the molecule is CCCN(CCC)C1CCNCC1F. The Bertz CT molecular complexity index is 146. The molecule has 1 heterocycles. The van der Waals surface area contributed by atoms with Crippen molar-refractivity contribution in [3.8, 4) is 0 Å². The maximum Gasteiger partial charge on any atom is 0.128 e. The molecule has 0 aromatic rings. The van der Waals surface area contributed by atoms with Crippen molar-refractivity contribution in [1.29, 1.82) is 0 Å². The van der Waals surface area contributed by atoms with Gasteiger partial charge in [0.25, 0.3) is 0 Å². The molecule has 0 spiro atoms. The van der Waals surface area contributed by atoms with Gasteiger partial charge in [0.2, 0.25) is 0 Å². The number of piperidine rings is 1. The van der Waals surface area contributed by atoms with Gasteiger partial charge in [-0.05, 0) is 38.9 Å². The molecule has 0 aromatic heterocycles. The van der Waals surface area contributed by atoms with Crippen molar-refractivity contribution in [2.45, 2.75) is 45.3 Å². The second kappa shape index (κ2) is 6.36. The molecule has 0 bridgehead atoms. The van der Waals surface area contributed by atoms with Crippen LogP contribution in [0.25, 0.3) is 0 Å². The van der Waals surface area contributed by atoms with Gasteiger partial charge in [0.15, 0.2) is 0 Å². The Kier molecular flexibility index (Phi) is 5.41. The number of alkyl halides is 1. The number of nitrogens with zero attached hydrogens (tertiary/aromatic N) is 1. The summed E-state index contributed by atoms with van der Waals surface area (Å²) in [6.45, 7) is 7.91. The van der Waals surface area contributed by atoms with E-state index in [1.165, 1.54) is 0 Å². The first kappa shape index (κ1) is 11.9. The third-order valence-electron chi connectivity index (χ3n) is 2.86. The lowest BCUT2D eigenvalue weighted by Gasteiger charge is -2.36. The van der Waals surface area contributed by atoms with Crippen molar-refractivity contribution in [3.05, 3.63) is 0 Å². The fourth-order valence-electron chi connectivity index (χ4n) is 2.24. The van der Waals surface area contributed by atoms with Crippen molar-refractivity contribution >= 4 is 0 Å². The first-order chi connectivity index (χ1) is 6.79. The molecule has 1 aliphatic heterocycles. The van der Waals surface area contributed by atoms with Crippen LogP contribution < -0.4 is 5.32 Å². The average molecular weight is 202 g/mol. The zero-order chi connectivity index (χ0) is 10.4. The molecule has 84 valence electrons. The molecule has 14 heavy (non-hydrogen) atoms. The smallest absolute Gasteiger partial charge is 0.128 e. The van der Waals surface area contributed by atoms with Gasteiger partial charge in [-0.2, -0.15) is 0 Å². The van der Waals surface area contributed by atoms with Crippen LogP contribution in [0.1, 0.15) is 33.1 Å². The van der Waals surface area contributed by atoms with Crippen LogP contribution in [-0.4, -0.2) is 43.3 Å². The summed E-state index contributed by atoms with van der Waals surface area (Å²) in [5.41, 5.74) is 0. The molecule has 2 atom stereocenters. The summed E-state index contributed by atoms with van der Waals surface area (Å²) >= 11 is 0. The Balaban J connectivity index is 2.46. The van der Waals surface area contributed by atoms with Crippen LogP contribution in [-0.2, 0) is 0 Å². The van der Waals surface area contributed by atoms with Crippen LogP contribution in [0, 0.1) is 0 Å². The van der Waals surface area contributed by atoms with Crippen molar-refractivity contribution < 1.29 is 4.39 Å². The van der Waals surface area contributed by atoms with Crippen LogP contribution >= 0.6 is 0 Å². The van der Waals surface area contributed by atoms with Crippen LogP contribution in [0.4, 0.5) is 4.39 Å². The van der Waals surface area contributed by atoms with Crippen LogP contribution in [0.5, 0.6) is 0 Å². The van der Waals surface area contributed by atoms with Gasteiger partial charge >= 0.3 is 0 Å². The lowest BCUT2D eigenvalue weighted by atomic mass is 10.0. The topological polar surface area (TPSA) is 15.3 Å². The lowest BCUT2D eigenvalue weighted by molar-refractivity contribution is 0.0842. The molecule has 3 heteroatoms. The van der Waals surface area contributed by atoms with E-state index < -0.39 is 6.17 Å². The van der Waals surface area contributed by atoms with Crippen LogP contribution in [0.15, 0.2) is 0 Å². The van der Waals surface area contributed by atoms with Gasteiger partial charge in [-0.3, -0.25) is 4.90 Å². The first-order valence-electron chi connectivity index (χ1n) is 5.88. The van der Waals surface area contributed by atoms with E-state index in [1.807, 2.05) is 0 Å². The third kappa shape index (κ3) is 3.21. The molecule has 0 amide bonds. The van der Waals surface area contributed by atoms with Gasteiger partial charge in [-0.15, -0.1) is 0 Å². The normalized spacial score (nSPS) is 28.3. The second-order valence-corrected chi connectivity index (χ2v) is 4.11. The number of halogens is 1. The third-order valence-corrected chi connectivity index (χ3v) is 2.86. The molecular formula is C11H23FN2. The van der Waals surface area contributed by atoms with Gasteiger partial charge < -0.3 is 5.32 Å². The maximum absolute atomic E-state index is 13.6. The molecular weight excluding hydrogens is 179 g/mol. The highest BCUT2D eigenvalue weighted by molar-refractivity contribution is 4.85. The first-order valence-corrected chi connectivity index (χ1v) is 5.88. The summed E-state index contributed by atoms with van der Waals surface area (Å²) in [5.74, 6) is 0. The monoisotopic (exact) mass is 202 g/mol. The molecule has 0 radical (unpaired) electrons. The number of rotatable bonds is 5.